The van der Waals surface area contributed by atoms with E-state index < -0.39 is 0 Å². The second-order valence-corrected chi connectivity index (χ2v) is 5.92. The average molecular weight is 298 g/mol. The van der Waals surface area contributed by atoms with Crippen molar-refractivity contribution >= 4 is 23.5 Å². The smallest absolute Gasteiger partial charge is 0.0993 e. The van der Waals surface area contributed by atoms with Gasteiger partial charge in [-0.05, 0) is 24.3 Å². The first-order valence-corrected chi connectivity index (χ1v) is 7.77. The fourth-order valence-electron chi connectivity index (χ4n) is 1.41. The summed E-state index contributed by atoms with van der Waals surface area (Å²) in [6, 6.07) is 11.1. The molecule has 0 aromatic carbocycles. The van der Waals surface area contributed by atoms with Crippen molar-refractivity contribution in [2.45, 2.75) is 10.1 Å². The van der Waals surface area contributed by atoms with Crippen LogP contribution in [0, 0.1) is 22.7 Å². The van der Waals surface area contributed by atoms with Crippen molar-refractivity contribution in [2.75, 3.05) is 11.5 Å². The van der Waals surface area contributed by atoms with Crippen molar-refractivity contribution in [3.63, 3.8) is 0 Å². The molecule has 0 saturated carbocycles. The molecule has 0 aliphatic heterocycles. The molecule has 20 heavy (non-hydrogen) atoms. The first-order valence-electron chi connectivity index (χ1n) is 5.80. The Hall–Kier alpha value is -2.02. The summed E-state index contributed by atoms with van der Waals surface area (Å²) in [4.78, 5) is 8.41. The van der Waals surface area contributed by atoms with E-state index in [-0.39, 0.29) is 0 Å². The number of nitrogens with zero attached hydrogens (tertiary/aromatic N) is 4. The Labute approximate surface area is 125 Å². The molecule has 0 aliphatic carbocycles. The number of nitriles is 2. The maximum Gasteiger partial charge on any atom is 0.0993 e. The SMILES string of the molecule is N#Cc1ccnc(SCCSc2cc(C#N)ccn2)c1. The summed E-state index contributed by atoms with van der Waals surface area (Å²) in [5.74, 6) is 1.73. The average Bonchev–Trinajstić information content (AvgIpc) is 2.52. The zero-order chi connectivity index (χ0) is 14.2. The van der Waals surface area contributed by atoms with Crippen molar-refractivity contribution in [1.29, 1.82) is 10.5 Å². The molecule has 0 N–H and O–H groups in total. The number of rotatable bonds is 5. The van der Waals surface area contributed by atoms with Crippen LogP contribution in [0.3, 0.4) is 0 Å². The van der Waals surface area contributed by atoms with Crippen molar-refractivity contribution in [2.24, 2.45) is 0 Å². The molecule has 0 amide bonds. The first kappa shape index (κ1) is 14.4. The summed E-state index contributed by atoms with van der Waals surface area (Å²) in [6.45, 7) is 0. The Kier molecular flexibility index (Phi) is 5.43. The molecule has 0 aliphatic rings. The van der Waals surface area contributed by atoms with Crippen molar-refractivity contribution < 1.29 is 0 Å². The lowest BCUT2D eigenvalue weighted by Gasteiger charge is -2.02. The normalized spacial score (nSPS) is 9.70. The van der Waals surface area contributed by atoms with Gasteiger partial charge in [0.2, 0.25) is 0 Å². The number of aromatic nitrogens is 2. The van der Waals surface area contributed by atoms with E-state index >= 15 is 0 Å². The Bertz CT molecular complexity index is 614. The third kappa shape index (κ3) is 4.27. The van der Waals surface area contributed by atoms with Gasteiger partial charge in [-0.3, -0.25) is 0 Å². The highest BCUT2D eigenvalue weighted by molar-refractivity contribution is 8.02. The number of thioether (sulfide) groups is 2. The Morgan fingerprint density at radius 3 is 1.70 bits per heavy atom. The fourth-order valence-corrected chi connectivity index (χ4v) is 3.18. The number of pyridine rings is 2. The molecule has 2 aromatic heterocycles. The van der Waals surface area contributed by atoms with Crippen LogP contribution in [0.25, 0.3) is 0 Å². The van der Waals surface area contributed by atoms with Gasteiger partial charge in [0.15, 0.2) is 0 Å². The molecule has 2 rings (SSSR count). The number of hydrogen-bond donors (Lipinski definition) is 0. The minimum absolute atomic E-state index is 0.624. The molecule has 0 spiro atoms. The van der Waals surface area contributed by atoms with E-state index in [4.69, 9.17) is 10.5 Å². The highest BCUT2D eigenvalue weighted by atomic mass is 32.2. The Morgan fingerprint density at radius 1 is 0.850 bits per heavy atom. The van der Waals surface area contributed by atoms with Gasteiger partial charge in [-0.1, -0.05) is 0 Å². The van der Waals surface area contributed by atoms with Crippen LogP contribution in [-0.2, 0) is 0 Å². The molecule has 98 valence electrons. The molecule has 0 fully saturated rings. The lowest BCUT2D eigenvalue weighted by Crippen LogP contribution is -1.89. The number of hydrogen-bond acceptors (Lipinski definition) is 6. The predicted molar refractivity (Wildman–Crippen MR) is 79.4 cm³/mol. The van der Waals surface area contributed by atoms with E-state index in [0.717, 1.165) is 21.6 Å². The second-order valence-electron chi connectivity index (χ2n) is 3.69. The molecule has 4 nitrogen and oxygen atoms in total. The summed E-state index contributed by atoms with van der Waals surface area (Å²) in [6.07, 6.45) is 3.29. The van der Waals surface area contributed by atoms with E-state index in [0.29, 0.717) is 11.1 Å². The van der Waals surface area contributed by atoms with Gasteiger partial charge >= 0.3 is 0 Å². The van der Waals surface area contributed by atoms with Crippen LogP contribution in [0.4, 0.5) is 0 Å². The van der Waals surface area contributed by atoms with Gasteiger partial charge in [-0.15, -0.1) is 23.5 Å². The quantitative estimate of drug-likeness (QED) is 0.624. The lowest BCUT2D eigenvalue weighted by molar-refractivity contribution is 1.12. The maximum absolute atomic E-state index is 8.81. The lowest BCUT2D eigenvalue weighted by atomic mass is 10.3. The summed E-state index contributed by atoms with van der Waals surface area (Å²) >= 11 is 3.21. The minimum atomic E-state index is 0.624. The molecule has 0 bridgehead atoms. The molecule has 2 heterocycles. The van der Waals surface area contributed by atoms with Gasteiger partial charge in [0.1, 0.15) is 0 Å². The standard InChI is InChI=1S/C14H10N4S2/c15-9-11-1-3-17-13(7-11)19-5-6-20-14-8-12(10-16)2-4-18-14/h1-4,7-8H,5-6H2. The van der Waals surface area contributed by atoms with Crippen LogP contribution in [0.5, 0.6) is 0 Å². The molecule has 0 unspecified atom stereocenters. The van der Waals surface area contributed by atoms with Crippen LogP contribution in [0.1, 0.15) is 11.1 Å². The summed E-state index contributed by atoms with van der Waals surface area (Å²) in [5, 5.41) is 19.3. The van der Waals surface area contributed by atoms with Gasteiger partial charge < -0.3 is 0 Å². The van der Waals surface area contributed by atoms with E-state index in [2.05, 4.69) is 22.1 Å². The van der Waals surface area contributed by atoms with Crippen LogP contribution in [-0.4, -0.2) is 21.5 Å². The Morgan fingerprint density at radius 2 is 1.30 bits per heavy atom. The van der Waals surface area contributed by atoms with E-state index in [1.807, 2.05) is 0 Å². The van der Waals surface area contributed by atoms with Gasteiger partial charge in [0.05, 0.1) is 33.3 Å². The molecule has 0 radical (unpaired) electrons. The summed E-state index contributed by atoms with van der Waals surface area (Å²) < 4.78 is 0. The predicted octanol–water partition coefficient (Wildman–Crippen LogP) is 3.10. The van der Waals surface area contributed by atoms with Crippen molar-refractivity contribution in [3.05, 3.63) is 47.8 Å². The topological polar surface area (TPSA) is 73.4 Å². The minimum Gasteiger partial charge on any atom is -0.250 e. The fraction of sp³-hybridized carbons (Fsp3) is 0.143. The van der Waals surface area contributed by atoms with E-state index in [1.165, 1.54) is 0 Å². The van der Waals surface area contributed by atoms with Gasteiger partial charge in [0.25, 0.3) is 0 Å². The zero-order valence-corrected chi connectivity index (χ0v) is 12.1. The maximum atomic E-state index is 8.81. The Balaban J connectivity index is 1.81. The highest BCUT2D eigenvalue weighted by Gasteiger charge is 2.00. The van der Waals surface area contributed by atoms with Crippen molar-refractivity contribution in [3.8, 4) is 12.1 Å². The molecule has 2 aromatic rings. The third-order valence-corrected chi connectivity index (χ3v) is 4.42. The second kappa shape index (κ2) is 7.54. The monoisotopic (exact) mass is 298 g/mol. The van der Waals surface area contributed by atoms with Crippen LogP contribution < -0.4 is 0 Å². The molecule has 0 atom stereocenters. The largest absolute Gasteiger partial charge is 0.250 e. The van der Waals surface area contributed by atoms with Crippen LogP contribution in [0.15, 0.2) is 46.7 Å². The van der Waals surface area contributed by atoms with Crippen LogP contribution in [0.2, 0.25) is 0 Å². The van der Waals surface area contributed by atoms with Gasteiger partial charge in [-0.2, -0.15) is 10.5 Å². The molecular formula is C14H10N4S2. The third-order valence-electron chi connectivity index (χ3n) is 2.31. The van der Waals surface area contributed by atoms with E-state index in [1.54, 1.807) is 60.2 Å². The first-order chi connectivity index (χ1) is 9.81. The molecule has 0 saturated heterocycles. The summed E-state index contributed by atoms with van der Waals surface area (Å²) in [7, 11) is 0. The highest BCUT2D eigenvalue weighted by Crippen LogP contribution is 2.21. The van der Waals surface area contributed by atoms with E-state index in [9.17, 15) is 0 Å². The summed E-state index contributed by atoms with van der Waals surface area (Å²) in [5.41, 5.74) is 1.25. The van der Waals surface area contributed by atoms with Crippen molar-refractivity contribution in [1.82, 2.24) is 9.97 Å². The molecule has 6 heteroatoms. The zero-order valence-electron chi connectivity index (χ0n) is 10.5. The van der Waals surface area contributed by atoms with Gasteiger partial charge in [-0.25, -0.2) is 9.97 Å². The molecular weight excluding hydrogens is 288 g/mol. The van der Waals surface area contributed by atoms with Crippen LogP contribution >= 0.6 is 23.5 Å². The van der Waals surface area contributed by atoms with Gasteiger partial charge in [0, 0.05) is 23.9 Å².